The number of aryl methyl sites for hydroxylation is 1. The molecule has 1 aromatic heterocycles. The maximum atomic E-state index is 8.65. The summed E-state index contributed by atoms with van der Waals surface area (Å²) in [4.78, 5) is 1.34. The van der Waals surface area contributed by atoms with Crippen molar-refractivity contribution in [3.05, 3.63) is 57.3 Å². The van der Waals surface area contributed by atoms with Crippen LogP contribution in [-0.4, -0.2) is 17.6 Å². The van der Waals surface area contributed by atoms with Crippen LogP contribution in [0.25, 0.3) is 0 Å². The van der Waals surface area contributed by atoms with E-state index in [0.717, 1.165) is 17.5 Å². The number of nitrogens with two attached hydrogens (primary N) is 1. The molecule has 0 aliphatic rings. The number of thiophene rings is 1. The van der Waals surface area contributed by atoms with Crippen LogP contribution in [0.1, 0.15) is 21.6 Å². The first-order valence-corrected chi connectivity index (χ1v) is 7.26. The van der Waals surface area contributed by atoms with Crippen molar-refractivity contribution in [1.82, 2.24) is 0 Å². The predicted molar refractivity (Wildman–Crippen MR) is 81.4 cm³/mol. The van der Waals surface area contributed by atoms with Crippen LogP contribution in [0.4, 0.5) is 0 Å². The zero-order chi connectivity index (χ0) is 14.4. The van der Waals surface area contributed by atoms with E-state index >= 15 is 0 Å². The minimum Gasteiger partial charge on any atom is -0.409 e. The molecular formula is C15H18N2O2S. The highest BCUT2D eigenvalue weighted by atomic mass is 32.1. The average molecular weight is 290 g/mol. The van der Waals surface area contributed by atoms with E-state index in [-0.39, 0.29) is 5.84 Å². The van der Waals surface area contributed by atoms with Gasteiger partial charge in [-0.2, -0.15) is 0 Å². The maximum absolute atomic E-state index is 8.65. The van der Waals surface area contributed by atoms with Crippen molar-refractivity contribution in [1.29, 1.82) is 0 Å². The van der Waals surface area contributed by atoms with Crippen molar-refractivity contribution in [2.24, 2.45) is 10.9 Å². The van der Waals surface area contributed by atoms with Crippen molar-refractivity contribution in [3.63, 3.8) is 0 Å². The first kappa shape index (κ1) is 14.6. The quantitative estimate of drug-likeness (QED) is 0.282. The number of rotatable bonds is 6. The van der Waals surface area contributed by atoms with E-state index in [1.54, 1.807) is 11.3 Å². The number of oxime groups is 1. The fourth-order valence-electron chi connectivity index (χ4n) is 1.88. The zero-order valence-electron chi connectivity index (χ0n) is 11.4. The molecule has 2 aromatic rings. The molecule has 0 saturated carbocycles. The van der Waals surface area contributed by atoms with E-state index in [1.807, 2.05) is 25.1 Å². The van der Waals surface area contributed by atoms with E-state index in [2.05, 4.69) is 22.7 Å². The lowest BCUT2D eigenvalue weighted by Crippen LogP contribution is -2.13. The predicted octanol–water partition coefficient (Wildman–Crippen LogP) is 2.91. The molecule has 0 spiro atoms. The number of hydrogen-bond donors (Lipinski definition) is 2. The summed E-state index contributed by atoms with van der Waals surface area (Å²) in [5.74, 6) is 0.123. The molecule has 0 radical (unpaired) electrons. The second-order valence-corrected chi connectivity index (χ2v) is 5.54. The van der Waals surface area contributed by atoms with Crippen molar-refractivity contribution in [2.45, 2.75) is 20.0 Å². The molecule has 0 bridgehead atoms. The fraction of sp³-hybridized carbons (Fsp3) is 0.267. The normalized spacial score (nSPS) is 11.8. The van der Waals surface area contributed by atoms with Gasteiger partial charge in [-0.15, -0.1) is 11.3 Å². The Balaban J connectivity index is 1.87. The second-order valence-electron chi connectivity index (χ2n) is 4.51. The zero-order valence-corrected chi connectivity index (χ0v) is 12.2. The Labute approximate surface area is 122 Å². The van der Waals surface area contributed by atoms with Gasteiger partial charge in [0.25, 0.3) is 0 Å². The van der Waals surface area contributed by atoms with Gasteiger partial charge in [0.2, 0.25) is 0 Å². The van der Waals surface area contributed by atoms with Gasteiger partial charge in [-0.25, -0.2) is 0 Å². The van der Waals surface area contributed by atoms with Gasteiger partial charge in [-0.05, 0) is 35.6 Å². The van der Waals surface area contributed by atoms with Crippen molar-refractivity contribution in [3.8, 4) is 0 Å². The Hall–Kier alpha value is -1.85. The Bertz CT molecular complexity index is 580. The van der Waals surface area contributed by atoms with Gasteiger partial charge in [0, 0.05) is 16.9 Å². The number of hydrogen-bond acceptors (Lipinski definition) is 4. The highest BCUT2D eigenvalue weighted by Gasteiger charge is 2.04. The number of ether oxygens (including phenoxy) is 1. The van der Waals surface area contributed by atoms with Gasteiger partial charge >= 0.3 is 0 Å². The molecule has 0 unspecified atom stereocenters. The molecule has 1 aromatic carbocycles. The maximum Gasteiger partial charge on any atom is 0.170 e. The molecule has 4 nitrogen and oxygen atoms in total. The minimum absolute atomic E-state index is 0.123. The lowest BCUT2D eigenvalue weighted by atomic mass is 10.1. The van der Waals surface area contributed by atoms with Crippen molar-refractivity contribution in [2.75, 3.05) is 6.61 Å². The van der Waals surface area contributed by atoms with Crippen LogP contribution in [0.3, 0.4) is 0 Å². The molecule has 0 aliphatic carbocycles. The van der Waals surface area contributed by atoms with Crippen LogP contribution < -0.4 is 5.73 Å². The van der Waals surface area contributed by atoms with E-state index in [0.29, 0.717) is 18.8 Å². The van der Waals surface area contributed by atoms with Crippen molar-refractivity contribution < 1.29 is 9.94 Å². The van der Waals surface area contributed by atoms with Gasteiger partial charge in [0.05, 0.1) is 13.2 Å². The summed E-state index contributed by atoms with van der Waals surface area (Å²) in [7, 11) is 0. The molecule has 0 atom stereocenters. The summed E-state index contributed by atoms with van der Waals surface area (Å²) >= 11 is 1.75. The monoisotopic (exact) mass is 290 g/mol. The van der Waals surface area contributed by atoms with Gasteiger partial charge < -0.3 is 15.7 Å². The van der Waals surface area contributed by atoms with E-state index < -0.39 is 0 Å². The van der Waals surface area contributed by atoms with Crippen LogP contribution in [0.5, 0.6) is 0 Å². The molecule has 20 heavy (non-hydrogen) atoms. The van der Waals surface area contributed by atoms with Gasteiger partial charge in [0.15, 0.2) is 5.84 Å². The fourth-order valence-corrected chi connectivity index (χ4v) is 2.57. The highest BCUT2D eigenvalue weighted by molar-refractivity contribution is 7.09. The van der Waals surface area contributed by atoms with Crippen LogP contribution in [0.15, 0.2) is 40.9 Å². The second kappa shape index (κ2) is 7.07. The van der Waals surface area contributed by atoms with Crippen LogP contribution in [0.2, 0.25) is 0 Å². The summed E-state index contributed by atoms with van der Waals surface area (Å²) in [6.45, 7) is 3.28. The van der Waals surface area contributed by atoms with Gasteiger partial charge in [-0.1, -0.05) is 23.4 Å². The third kappa shape index (κ3) is 3.82. The smallest absolute Gasteiger partial charge is 0.170 e. The van der Waals surface area contributed by atoms with Gasteiger partial charge in [-0.3, -0.25) is 0 Å². The van der Waals surface area contributed by atoms with Crippen LogP contribution >= 0.6 is 11.3 Å². The lowest BCUT2D eigenvalue weighted by molar-refractivity contribution is 0.124. The number of nitrogens with zero attached hydrogens (tertiary/aromatic N) is 1. The Morgan fingerprint density at radius 2 is 2.25 bits per heavy atom. The highest BCUT2D eigenvalue weighted by Crippen LogP contribution is 2.13. The summed E-state index contributed by atoms with van der Waals surface area (Å²) < 4.78 is 5.70. The number of benzene rings is 1. The molecule has 106 valence electrons. The van der Waals surface area contributed by atoms with Crippen LogP contribution in [-0.2, 0) is 17.8 Å². The first-order valence-electron chi connectivity index (χ1n) is 6.38. The van der Waals surface area contributed by atoms with E-state index in [4.69, 9.17) is 15.7 Å². The molecule has 0 amide bonds. The molecule has 3 N–H and O–H groups in total. The Kier molecular flexibility index (Phi) is 5.15. The average Bonchev–Trinajstić information content (AvgIpc) is 2.97. The molecule has 0 saturated heterocycles. The van der Waals surface area contributed by atoms with Crippen molar-refractivity contribution >= 4 is 17.2 Å². The summed E-state index contributed by atoms with van der Waals surface area (Å²) in [5, 5.41) is 13.7. The Morgan fingerprint density at radius 3 is 2.90 bits per heavy atom. The molecule has 0 aliphatic heterocycles. The standard InChI is InChI=1S/C15H18N2O2S/c1-11-9-12(15(16)17-18)4-5-13(11)10-19-7-6-14-3-2-8-20-14/h2-5,8-9,18H,6-7,10H2,1H3,(H2,16,17). The van der Waals surface area contributed by atoms with Crippen LogP contribution in [0, 0.1) is 6.92 Å². The third-order valence-corrected chi connectivity index (χ3v) is 4.01. The van der Waals surface area contributed by atoms with E-state index in [1.165, 1.54) is 4.88 Å². The largest absolute Gasteiger partial charge is 0.409 e. The number of amidine groups is 1. The van der Waals surface area contributed by atoms with Gasteiger partial charge in [0.1, 0.15) is 0 Å². The lowest BCUT2D eigenvalue weighted by Gasteiger charge is -2.08. The molecule has 0 fully saturated rings. The molecule has 2 rings (SSSR count). The summed E-state index contributed by atoms with van der Waals surface area (Å²) in [6, 6.07) is 9.85. The molecule has 1 heterocycles. The summed E-state index contributed by atoms with van der Waals surface area (Å²) in [5.41, 5.74) is 8.46. The SMILES string of the molecule is Cc1cc(/C(N)=N/O)ccc1COCCc1cccs1. The molecular weight excluding hydrogens is 272 g/mol. The summed E-state index contributed by atoms with van der Waals surface area (Å²) in [6.07, 6.45) is 0.943. The Morgan fingerprint density at radius 1 is 1.40 bits per heavy atom. The molecule has 5 heteroatoms. The first-order chi connectivity index (χ1) is 9.70. The minimum atomic E-state index is 0.123. The third-order valence-electron chi connectivity index (χ3n) is 3.08. The van der Waals surface area contributed by atoms with E-state index in [9.17, 15) is 0 Å². The topological polar surface area (TPSA) is 67.8 Å².